The van der Waals surface area contributed by atoms with Crippen molar-refractivity contribution in [2.75, 3.05) is 5.32 Å². The molecule has 1 amide bonds. The normalized spacial score (nSPS) is 36.9. The number of nitrogens with one attached hydrogen (secondary N) is 2. The summed E-state index contributed by atoms with van der Waals surface area (Å²) in [5, 5.41) is 12.5. The van der Waals surface area contributed by atoms with E-state index < -0.39 is 0 Å². The highest BCUT2D eigenvalue weighted by molar-refractivity contribution is 9.10. The van der Waals surface area contributed by atoms with Crippen LogP contribution in [0.25, 0.3) is 10.6 Å². The molecule has 2 unspecified atom stereocenters. The summed E-state index contributed by atoms with van der Waals surface area (Å²) in [5.74, 6) is 2.22. The number of carbonyl (C=O) groups is 1. The summed E-state index contributed by atoms with van der Waals surface area (Å²) in [6.45, 7) is 0. The lowest BCUT2D eigenvalue weighted by Crippen LogP contribution is -2.57. The fourth-order valence-electron chi connectivity index (χ4n) is 5.61. The van der Waals surface area contributed by atoms with E-state index >= 15 is 0 Å². The van der Waals surface area contributed by atoms with Gasteiger partial charge in [0, 0.05) is 10.4 Å². The van der Waals surface area contributed by atoms with Crippen molar-refractivity contribution in [1.29, 1.82) is 0 Å². The molecule has 2 aromatic heterocycles. The van der Waals surface area contributed by atoms with Crippen LogP contribution in [0.5, 0.6) is 0 Å². The topological polar surface area (TPSA) is 57.8 Å². The first kappa shape index (κ1) is 15.1. The summed E-state index contributed by atoms with van der Waals surface area (Å²) in [4.78, 5) is 14.3. The van der Waals surface area contributed by atoms with Crippen LogP contribution in [-0.4, -0.2) is 20.4 Å². The van der Waals surface area contributed by atoms with Crippen LogP contribution in [0.4, 0.5) is 5.82 Å². The molecule has 2 atom stereocenters. The molecular formula is C18H20BrN3OS. The van der Waals surface area contributed by atoms with E-state index in [1.54, 1.807) is 11.3 Å². The van der Waals surface area contributed by atoms with Gasteiger partial charge in [0.1, 0.15) is 0 Å². The lowest BCUT2D eigenvalue weighted by Gasteiger charge is -2.59. The van der Waals surface area contributed by atoms with Crippen LogP contribution >= 0.6 is 27.3 Å². The molecule has 0 saturated heterocycles. The first-order valence-electron chi connectivity index (χ1n) is 8.63. The fourth-order valence-corrected chi connectivity index (χ4v) is 7.75. The van der Waals surface area contributed by atoms with Crippen LogP contribution in [-0.2, 0) is 4.79 Å². The lowest BCUT2D eigenvalue weighted by molar-refractivity contribution is -0.138. The van der Waals surface area contributed by atoms with Crippen molar-refractivity contribution in [1.82, 2.24) is 10.2 Å². The lowest BCUT2D eigenvalue weighted by atomic mass is 9.49. The first-order chi connectivity index (χ1) is 11.5. The van der Waals surface area contributed by atoms with Crippen LogP contribution in [0.1, 0.15) is 38.5 Å². The molecule has 0 spiro atoms. The zero-order chi connectivity index (χ0) is 16.4. The van der Waals surface area contributed by atoms with Gasteiger partial charge in [-0.2, -0.15) is 5.10 Å². The highest BCUT2D eigenvalue weighted by Gasteiger charge is 2.59. The van der Waals surface area contributed by atoms with Gasteiger partial charge >= 0.3 is 0 Å². The third-order valence-corrected chi connectivity index (χ3v) is 7.91. The molecular weight excluding hydrogens is 386 g/mol. The Morgan fingerprint density at radius 2 is 2.12 bits per heavy atom. The van der Waals surface area contributed by atoms with Crippen LogP contribution in [0.3, 0.4) is 0 Å². The van der Waals surface area contributed by atoms with Crippen molar-refractivity contribution in [3.8, 4) is 10.6 Å². The molecule has 4 fully saturated rings. The zero-order valence-electron chi connectivity index (χ0n) is 13.3. The van der Waals surface area contributed by atoms with Gasteiger partial charge in [0.15, 0.2) is 5.82 Å². The number of anilines is 1. The molecule has 4 nitrogen and oxygen atoms in total. The fraction of sp³-hybridized carbons (Fsp3) is 0.556. The van der Waals surface area contributed by atoms with E-state index in [4.69, 9.17) is 0 Å². The van der Waals surface area contributed by atoms with E-state index in [0.717, 1.165) is 29.8 Å². The Labute approximate surface area is 153 Å². The second kappa shape index (κ2) is 5.18. The Morgan fingerprint density at radius 3 is 2.79 bits per heavy atom. The highest BCUT2D eigenvalue weighted by Crippen LogP contribution is 2.64. The van der Waals surface area contributed by atoms with Gasteiger partial charge in [-0.1, -0.05) is 22.0 Å². The minimum absolute atomic E-state index is 0.171. The van der Waals surface area contributed by atoms with Gasteiger partial charge in [-0.3, -0.25) is 9.89 Å². The number of thiophene rings is 1. The molecule has 4 aliphatic rings. The van der Waals surface area contributed by atoms with Crippen LogP contribution in [0, 0.1) is 17.3 Å². The Morgan fingerprint density at radius 1 is 1.33 bits per heavy atom. The molecule has 6 rings (SSSR count). The first-order valence-corrected chi connectivity index (χ1v) is 10.3. The number of hydrogen-bond donors (Lipinski definition) is 2. The Bertz CT molecular complexity index is 770. The number of amides is 1. The molecule has 0 radical (unpaired) electrons. The van der Waals surface area contributed by atoms with E-state index in [1.807, 2.05) is 17.5 Å². The third kappa shape index (κ3) is 2.37. The molecule has 24 heavy (non-hydrogen) atoms. The number of H-pyrrole nitrogens is 1. The van der Waals surface area contributed by atoms with E-state index in [0.29, 0.717) is 17.7 Å². The summed E-state index contributed by atoms with van der Waals surface area (Å²) in [6, 6.07) is 6.01. The van der Waals surface area contributed by atoms with E-state index in [-0.39, 0.29) is 15.6 Å². The predicted molar refractivity (Wildman–Crippen MR) is 99.3 cm³/mol. The van der Waals surface area contributed by atoms with Gasteiger partial charge < -0.3 is 5.32 Å². The maximum absolute atomic E-state index is 13.1. The summed E-state index contributed by atoms with van der Waals surface area (Å²) in [6.07, 6.45) is 6.86. The van der Waals surface area contributed by atoms with Gasteiger partial charge in [-0.05, 0) is 61.8 Å². The molecule has 0 aliphatic heterocycles. The van der Waals surface area contributed by atoms with Gasteiger partial charge in [-0.15, -0.1) is 11.3 Å². The van der Waals surface area contributed by atoms with Gasteiger partial charge in [0.05, 0.1) is 16.0 Å². The zero-order valence-corrected chi connectivity index (χ0v) is 15.8. The Kier molecular flexibility index (Phi) is 3.27. The average Bonchev–Trinajstić information content (AvgIpc) is 3.14. The van der Waals surface area contributed by atoms with Crippen molar-refractivity contribution < 1.29 is 4.79 Å². The van der Waals surface area contributed by atoms with E-state index in [1.165, 1.54) is 19.3 Å². The number of hydrogen-bond acceptors (Lipinski definition) is 3. The summed E-state index contributed by atoms with van der Waals surface area (Å²) in [5.41, 5.74) is 0.762. The number of aromatic nitrogens is 2. The van der Waals surface area contributed by atoms with Crippen molar-refractivity contribution in [3.05, 3.63) is 23.6 Å². The largest absolute Gasteiger partial charge is 0.309 e. The molecule has 0 aromatic carbocycles. The molecule has 2 N–H and O–H groups in total. The van der Waals surface area contributed by atoms with Crippen molar-refractivity contribution in [2.45, 2.75) is 42.8 Å². The molecule has 4 bridgehead atoms. The van der Waals surface area contributed by atoms with Crippen molar-refractivity contribution in [2.24, 2.45) is 17.3 Å². The van der Waals surface area contributed by atoms with E-state index in [2.05, 4.69) is 37.5 Å². The van der Waals surface area contributed by atoms with Crippen LogP contribution in [0.15, 0.2) is 23.6 Å². The highest BCUT2D eigenvalue weighted by atomic mass is 79.9. The minimum atomic E-state index is -0.199. The number of rotatable bonds is 3. The number of alkyl halides is 1. The Hall–Kier alpha value is -1.14. The summed E-state index contributed by atoms with van der Waals surface area (Å²) >= 11 is 5.64. The molecule has 4 aliphatic carbocycles. The maximum atomic E-state index is 13.1. The summed E-state index contributed by atoms with van der Waals surface area (Å²) < 4.78 is 0.197. The molecule has 2 heterocycles. The maximum Gasteiger partial charge on any atom is 0.231 e. The monoisotopic (exact) mass is 405 g/mol. The SMILES string of the molecule is O=C(Nc1cc(-c2cccs2)[nH]n1)C12CC3CC(CC(Br)(C3)C1)C2. The smallest absolute Gasteiger partial charge is 0.231 e. The van der Waals surface area contributed by atoms with Gasteiger partial charge in [0.2, 0.25) is 5.91 Å². The molecule has 4 saturated carbocycles. The van der Waals surface area contributed by atoms with Gasteiger partial charge in [0.25, 0.3) is 0 Å². The number of aromatic amines is 1. The minimum Gasteiger partial charge on any atom is -0.309 e. The molecule has 2 aromatic rings. The van der Waals surface area contributed by atoms with Crippen LogP contribution in [0.2, 0.25) is 0 Å². The predicted octanol–water partition coefficient (Wildman–Crippen LogP) is 4.81. The number of nitrogens with zero attached hydrogens (tertiary/aromatic N) is 1. The quantitative estimate of drug-likeness (QED) is 0.719. The number of carbonyl (C=O) groups excluding carboxylic acids is 1. The van der Waals surface area contributed by atoms with Gasteiger partial charge in [-0.25, -0.2) is 0 Å². The second-order valence-corrected chi connectivity index (χ2v) is 10.6. The third-order valence-electron chi connectivity index (χ3n) is 6.08. The summed E-state index contributed by atoms with van der Waals surface area (Å²) in [7, 11) is 0. The number of halogens is 1. The van der Waals surface area contributed by atoms with Crippen molar-refractivity contribution >= 4 is 39.0 Å². The average molecular weight is 406 g/mol. The van der Waals surface area contributed by atoms with Crippen molar-refractivity contribution in [3.63, 3.8) is 0 Å². The Balaban J connectivity index is 1.37. The molecule has 6 heteroatoms. The van der Waals surface area contributed by atoms with Crippen LogP contribution < -0.4 is 5.32 Å². The standard InChI is InChI=1S/C18H20BrN3OS/c19-18-8-11-4-12(9-18)7-17(6-11,10-18)16(23)20-15-5-13(21-22-15)14-2-1-3-24-14/h1-3,5,11-12H,4,6-10H2,(H2,20,21,22,23). The van der Waals surface area contributed by atoms with E-state index in [9.17, 15) is 4.79 Å². The second-order valence-electron chi connectivity index (χ2n) is 7.99. The molecule has 126 valence electrons.